The van der Waals surface area contributed by atoms with Crippen LogP contribution >= 0.6 is 0 Å². The van der Waals surface area contributed by atoms with Crippen LogP contribution in [0.15, 0.2) is 24.3 Å². The first kappa shape index (κ1) is 11.8. The van der Waals surface area contributed by atoms with Crippen LogP contribution in [0.4, 0.5) is 5.69 Å². The number of amides is 1. The van der Waals surface area contributed by atoms with Gasteiger partial charge in [0.2, 0.25) is 5.91 Å². The topological polar surface area (TPSA) is 72.2 Å². The quantitative estimate of drug-likeness (QED) is 0.774. The lowest BCUT2D eigenvalue weighted by Gasteiger charge is -2.24. The fraction of sp³-hybridized carbons (Fsp3) is 0.385. The maximum atomic E-state index is 11.7. The number of hydrogen-bond acceptors (Lipinski definition) is 3. The van der Waals surface area contributed by atoms with Gasteiger partial charge in [0.15, 0.2) is 5.78 Å². The SMILES string of the molecule is NCC(=O)c1cccc(NC(=O)C2CCC2)c1. The summed E-state index contributed by atoms with van der Waals surface area (Å²) in [6, 6.07) is 6.91. The van der Waals surface area contributed by atoms with E-state index in [1.54, 1.807) is 24.3 Å². The molecule has 1 aromatic rings. The van der Waals surface area contributed by atoms with E-state index in [9.17, 15) is 9.59 Å². The van der Waals surface area contributed by atoms with Crippen LogP contribution in [-0.4, -0.2) is 18.2 Å². The number of rotatable bonds is 4. The van der Waals surface area contributed by atoms with Gasteiger partial charge in [-0.3, -0.25) is 9.59 Å². The molecule has 0 atom stereocenters. The third-order valence-electron chi connectivity index (χ3n) is 3.11. The molecule has 17 heavy (non-hydrogen) atoms. The molecule has 1 aliphatic carbocycles. The zero-order valence-electron chi connectivity index (χ0n) is 9.61. The summed E-state index contributed by atoms with van der Waals surface area (Å²) in [5.41, 5.74) is 6.51. The van der Waals surface area contributed by atoms with Crippen LogP contribution in [0.5, 0.6) is 0 Å². The van der Waals surface area contributed by atoms with Gasteiger partial charge < -0.3 is 11.1 Å². The Balaban J connectivity index is 2.05. The summed E-state index contributed by atoms with van der Waals surface area (Å²) in [6.45, 7) is -0.0139. The molecule has 3 N–H and O–H groups in total. The first-order chi connectivity index (χ1) is 8.20. The van der Waals surface area contributed by atoms with Gasteiger partial charge >= 0.3 is 0 Å². The van der Waals surface area contributed by atoms with Crippen LogP contribution in [0.3, 0.4) is 0 Å². The summed E-state index contributed by atoms with van der Waals surface area (Å²) < 4.78 is 0. The number of nitrogens with two attached hydrogens (primary N) is 1. The van der Waals surface area contributed by atoms with Gasteiger partial charge in [0.05, 0.1) is 6.54 Å². The van der Waals surface area contributed by atoms with E-state index in [0.29, 0.717) is 11.3 Å². The van der Waals surface area contributed by atoms with Crippen molar-refractivity contribution in [3.63, 3.8) is 0 Å². The number of Topliss-reactive ketones (excluding diaryl/α,β-unsaturated/α-hetero) is 1. The number of ketones is 1. The Morgan fingerprint density at radius 3 is 2.71 bits per heavy atom. The lowest BCUT2D eigenvalue weighted by atomic mass is 9.85. The molecule has 1 saturated carbocycles. The largest absolute Gasteiger partial charge is 0.326 e. The zero-order valence-corrected chi connectivity index (χ0v) is 9.61. The molecule has 0 aromatic heterocycles. The summed E-state index contributed by atoms with van der Waals surface area (Å²) in [7, 11) is 0. The van der Waals surface area contributed by atoms with Gasteiger partial charge in [-0.05, 0) is 25.0 Å². The number of nitrogens with one attached hydrogen (secondary N) is 1. The third-order valence-corrected chi connectivity index (χ3v) is 3.11. The van der Waals surface area contributed by atoms with Crippen molar-refractivity contribution in [2.24, 2.45) is 11.7 Å². The minimum atomic E-state index is -0.121. The summed E-state index contributed by atoms with van der Waals surface area (Å²) in [4.78, 5) is 23.1. The van der Waals surface area contributed by atoms with Gasteiger partial charge in [-0.2, -0.15) is 0 Å². The second kappa shape index (κ2) is 5.10. The van der Waals surface area contributed by atoms with Crippen molar-refractivity contribution in [1.82, 2.24) is 0 Å². The van der Waals surface area contributed by atoms with Gasteiger partial charge in [-0.25, -0.2) is 0 Å². The van der Waals surface area contributed by atoms with Crippen LogP contribution in [0.25, 0.3) is 0 Å². The van der Waals surface area contributed by atoms with E-state index in [-0.39, 0.29) is 24.2 Å². The third kappa shape index (κ3) is 2.71. The molecule has 0 saturated heterocycles. The number of hydrogen-bond donors (Lipinski definition) is 2. The van der Waals surface area contributed by atoms with Crippen LogP contribution in [0.1, 0.15) is 29.6 Å². The molecular weight excluding hydrogens is 216 g/mol. The van der Waals surface area contributed by atoms with Gasteiger partial charge in [0, 0.05) is 17.2 Å². The predicted molar refractivity (Wildman–Crippen MR) is 65.8 cm³/mol. The number of benzene rings is 1. The fourth-order valence-corrected chi connectivity index (χ4v) is 1.80. The van der Waals surface area contributed by atoms with Crippen molar-refractivity contribution >= 4 is 17.4 Å². The molecule has 2 rings (SSSR count). The molecule has 0 spiro atoms. The van der Waals surface area contributed by atoms with Crippen LogP contribution in [0, 0.1) is 5.92 Å². The Morgan fingerprint density at radius 2 is 2.12 bits per heavy atom. The molecule has 0 heterocycles. The van der Waals surface area contributed by atoms with Gasteiger partial charge in [-0.15, -0.1) is 0 Å². The minimum Gasteiger partial charge on any atom is -0.326 e. The summed E-state index contributed by atoms with van der Waals surface area (Å²) in [5.74, 6) is 0.0715. The highest BCUT2D eigenvalue weighted by Gasteiger charge is 2.25. The zero-order chi connectivity index (χ0) is 12.3. The highest BCUT2D eigenvalue weighted by Crippen LogP contribution is 2.27. The molecule has 1 fully saturated rings. The Bertz CT molecular complexity index is 439. The monoisotopic (exact) mass is 232 g/mol. The fourth-order valence-electron chi connectivity index (χ4n) is 1.80. The molecular formula is C13H16N2O2. The second-order valence-electron chi connectivity index (χ2n) is 4.33. The van der Waals surface area contributed by atoms with E-state index < -0.39 is 0 Å². The molecule has 0 bridgehead atoms. The predicted octanol–water partition coefficient (Wildman–Crippen LogP) is 1.57. The van der Waals surface area contributed by atoms with Crippen molar-refractivity contribution in [2.45, 2.75) is 19.3 Å². The maximum absolute atomic E-state index is 11.7. The van der Waals surface area contributed by atoms with Gasteiger partial charge in [-0.1, -0.05) is 18.6 Å². The molecule has 1 aliphatic rings. The first-order valence-electron chi connectivity index (χ1n) is 5.85. The molecule has 1 amide bonds. The molecule has 90 valence electrons. The lowest BCUT2D eigenvalue weighted by Crippen LogP contribution is -2.28. The van der Waals surface area contributed by atoms with Crippen molar-refractivity contribution in [3.05, 3.63) is 29.8 Å². The standard InChI is InChI=1S/C13H16N2O2/c14-8-12(16)10-5-2-6-11(7-10)15-13(17)9-3-1-4-9/h2,5-7,9H,1,3-4,8,14H2,(H,15,17). The molecule has 4 heteroatoms. The van der Waals surface area contributed by atoms with E-state index in [4.69, 9.17) is 5.73 Å². The van der Waals surface area contributed by atoms with Crippen molar-refractivity contribution in [1.29, 1.82) is 0 Å². The first-order valence-corrected chi connectivity index (χ1v) is 5.85. The Labute approximate surface area is 100 Å². The molecule has 0 radical (unpaired) electrons. The number of carbonyl (C=O) groups is 2. The molecule has 4 nitrogen and oxygen atoms in total. The molecule has 1 aromatic carbocycles. The molecule has 0 unspecified atom stereocenters. The summed E-state index contributed by atoms with van der Waals surface area (Å²) >= 11 is 0. The number of anilines is 1. The normalized spacial score (nSPS) is 15.1. The van der Waals surface area contributed by atoms with E-state index in [1.165, 1.54) is 0 Å². The maximum Gasteiger partial charge on any atom is 0.227 e. The van der Waals surface area contributed by atoms with Gasteiger partial charge in [0.1, 0.15) is 0 Å². The van der Waals surface area contributed by atoms with Crippen molar-refractivity contribution in [2.75, 3.05) is 11.9 Å². The van der Waals surface area contributed by atoms with Crippen molar-refractivity contribution < 1.29 is 9.59 Å². The smallest absolute Gasteiger partial charge is 0.227 e. The summed E-state index contributed by atoms with van der Waals surface area (Å²) in [6.07, 6.45) is 3.06. The second-order valence-corrected chi connectivity index (χ2v) is 4.33. The van der Waals surface area contributed by atoms with E-state index in [1.807, 2.05) is 0 Å². The van der Waals surface area contributed by atoms with Crippen LogP contribution in [-0.2, 0) is 4.79 Å². The van der Waals surface area contributed by atoms with Crippen molar-refractivity contribution in [3.8, 4) is 0 Å². The number of carbonyl (C=O) groups excluding carboxylic acids is 2. The highest BCUT2D eigenvalue weighted by molar-refractivity contribution is 5.99. The van der Waals surface area contributed by atoms with E-state index in [0.717, 1.165) is 19.3 Å². The Hall–Kier alpha value is -1.68. The molecule has 0 aliphatic heterocycles. The Morgan fingerprint density at radius 1 is 1.35 bits per heavy atom. The minimum absolute atomic E-state index is 0.0139. The lowest BCUT2D eigenvalue weighted by molar-refractivity contribution is -0.122. The van der Waals surface area contributed by atoms with Crippen LogP contribution < -0.4 is 11.1 Å². The summed E-state index contributed by atoms with van der Waals surface area (Å²) in [5, 5.41) is 2.83. The van der Waals surface area contributed by atoms with Crippen LogP contribution in [0.2, 0.25) is 0 Å². The Kier molecular flexibility index (Phi) is 3.54. The highest BCUT2D eigenvalue weighted by atomic mass is 16.2. The van der Waals surface area contributed by atoms with Gasteiger partial charge in [0.25, 0.3) is 0 Å². The average Bonchev–Trinajstić information content (AvgIpc) is 2.26. The van der Waals surface area contributed by atoms with E-state index >= 15 is 0 Å². The average molecular weight is 232 g/mol. The van der Waals surface area contributed by atoms with E-state index in [2.05, 4.69) is 5.32 Å².